The number of likely N-dealkylation sites (tertiary alicyclic amines) is 1. The molecule has 21 heavy (non-hydrogen) atoms. The highest BCUT2D eigenvalue weighted by atomic mass is 16.4. The fourth-order valence-electron chi connectivity index (χ4n) is 3.67. The number of hydrogen-bond acceptors (Lipinski definition) is 4. The van der Waals surface area contributed by atoms with Gasteiger partial charge in [0.25, 0.3) is 0 Å². The van der Waals surface area contributed by atoms with Crippen LogP contribution >= 0.6 is 0 Å². The van der Waals surface area contributed by atoms with Crippen molar-refractivity contribution in [1.29, 1.82) is 0 Å². The number of likely N-dealkylation sites (N-methyl/N-ethyl adjacent to an activating group) is 1. The molecule has 0 amide bonds. The van der Waals surface area contributed by atoms with Crippen molar-refractivity contribution in [2.45, 2.75) is 37.9 Å². The minimum Gasteiger partial charge on any atom is -0.409 e. The van der Waals surface area contributed by atoms with Gasteiger partial charge in [0.1, 0.15) is 0 Å². The largest absolute Gasteiger partial charge is 0.409 e. The normalized spacial score (nSPS) is 27.8. The summed E-state index contributed by atoms with van der Waals surface area (Å²) in [6.45, 7) is 3.23. The molecule has 0 aliphatic carbocycles. The second-order valence-corrected chi connectivity index (χ2v) is 6.26. The highest BCUT2D eigenvalue weighted by Crippen LogP contribution is 2.29. The first-order chi connectivity index (χ1) is 10.2. The Morgan fingerprint density at radius 3 is 2.95 bits per heavy atom. The number of oxime groups is 1. The van der Waals surface area contributed by atoms with Crippen molar-refractivity contribution >= 4 is 5.84 Å². The molecule has 3 rings (SSSR count). The number of fused-ring (bicyclic) bond motifs is 2. The van der Waals surface area contributed by atoms with Gasteiger partial charge in [-0.25, -0.2) is 0 Å². The first-order valence-corrected chi connectivity index (χ1v) is 7.68. The van der Waals surface area contributed by atoms with Crippen LogP contribution in [0.1, 0.15) is 30.4 Å². The van der Waals surface area contributed by atoms with Crippen LogP contribution in [0, 0.1) is 0 Å². The number of rotatable bonds is 3. The van der Waals surface area contributed by atoms with E-state index in [-0.39, 0.29) is 5.84 Å². The van der Waals surface area contributed by atoms with E-state index in [1.165, 1.54) is 24.8 Å². The van der Waals surface area contributed by atoms with E-state index in [1.54, 1.807) is 0 Å². The molecule has 2 heterocycles. The Hall–Kier alpha value is -1.59. The van der Waals surface area contributed by atoms with Crippen molar-refractivity contribution in [2.75, 3.05) is 20.1 Å². The van der Waals surface area contributed by atoms with Crippen molar-refractivity contribution in [3.63, 3.8) is 0 Å². The van der Waals surface area contributed by atoms with Crippen LogP contribution in [0.3, 0.4) is 0 Å². The summed E-state index contributed by atoms with van der Waals surface area (Å²) < 4.78 is 0. The van der Waals surface area contributed by atoms with Crippen LogP contribution in [0.4, 0.5) is 0 Å². The van der Waals surface area contributed by atoms with Gasteiger partial charge in [0.05, 0.1) is 0 Å². The maximum atomic E-state index is 8.79. The Morgan fingerprint density at radius 2 is 2.14 bits per heavy atom. The summed E-state index contributed by atoms with van der Waals surface area (Å²) in [6, 6.07) is 9.44. The Kier molecular flexibility index (Phi) is 4.12. The minimum absolute atomic E-state index is 0.173. The molecule has 2 saturated heterocycles. The van der Waals surface area contributed by atoms with Gasteiger partial charge in [-0.2, -0.15) is 0 Å². The van der Waals surface area contributed by atoms with Crippen molar-refractivity contribution in [1.82, 2.24) is 9.80 Å². The van der Waals surface area contributed by atoms with Crippen LogP contribution in [0.25, 0.3) is 0 Å². The predicted octanol–water partition coefficient (Wildman–Crippen LogP) is 1.45. The molecule has 2 aliphatic rings. The first kappa shape index (κ1) is 14.4. The molecule has 1 aromatic rings. The molecule has 2 aliphatic heterocycles. The summed E-state index contributed by atoms with van der Waals surface area (Å²) >= 11 is 0. The summed E-state index contributed by atoms with van der Waals surface area (Å²) in [5, 5.41) is 11.9. The zero-order valence-corrected chi connectivity index (χ0v) is 12.6. The van der Waals surface area contributed by atoms with Crippen molar-refractivity contribution in [3.05, 3.63) is 35.4 Å². The minimum atomic E-state index is 0.173. The quantitative estimate of drug-likeness (QED) is 0.382. The molecule has 1 aromatic carbocycles. The molecule has 0 radical (unpaired) electrons. The molecule has 3 N–H and O–H groups in total. The SMILES string of the molecule is CN1C2CCC1CN(Cc1cccc(C(N)=NO)c1)CC2. The lowest BCUT2D eigenvalue weighted by Crippen LogP contribution is -2.36. The van der Waals surface area contributed by atoms with Crippen LogP contribution in [0.15, 0.2) is 29.4 Å². The van der Waals surface area contributed by atoms with E-state index in [0.717, 1.165) is 31.2 Å². The van der Waals surface area contributed by atoms with Gasteiger partial charge in [-0.05, 0) is 37.9 Å². The van der Waals surface area contributed by atoms with Gasteiger partial charge < -0.3 is 10.9 Å². The van der Waals surface area contributed by atoms with E-state index < -0.39 is 0 Å². The fourth-order valence-corrected chi connectivity index (χ4v) is 3.67. The molecule has 5 heteroatoms. The van der Waals surface area contributed by atoms with Crippen LogP contribution in [0.2, 0.25) is 0 Å². The number of nitrogens with zero attached hydrogens (tertiary/aromatic N) is 3. The Bertz CT molecular complexity index is 531. The molecule has 2 bridgehead atoms. The highest BCUT2D eigenvalue weighted by molar-refractivity contribution is 5.97. The maximum Gasteiger partial charge on any atom is 0.170 e. The molecule has 0 spiro atoms. The number of nitrogens with two attached hydrogens (primary N) is 1. The molecular formula is C16H24N4O. The second-order valence-electron chi connectivity index (χ2n) is 6.26. The van der Waals surface area contributed by atoms with E-state index in [9.17, 15) is 0 Å². The lowest BCUT2D eigenvalue weighted by atomic mass is 10.1. The van der Waals surface area contributed by atoms with Gasteiger partial charge in [0.15, 0.2) is 5.84 Å². The molecular weight excluding hydrogens is 264 g/mol. The number of amidine groups is 1. The van der Waals surface area contributed by atoms with Crippen LogP contribution in [-0.2, 0) is 6.54 Å². The Morgan fingerprint density at radius 1 is 1.33 bits per heavy atom. The topological polar surface area (TPSA) is 65.1 Å². The number of benzene rings is 1. The van der Waals surface area contributed by atoms with Crippen molar-refractivity contribution in [2.24, 2.45) is 10.9 Å². The van der Waals surface area contributed by atoms with Gasteiger partial charge in [-0.1, -0.05) is 23.4 Å². The van der Waals surface area contributed by atoms with Crippen LogP contribution in [-0.4, -0.2) is 53.1 Å². The molecule has 114 valence electrons. The van der Waals surface area contributed by atoms with Crippen molar-refractivity contribution < 1.29 is 5.21 Å². The summed E-state index contributed by atoms with van der Waals surface area (Å²) in [5.74, 6) is 0.173. The van der Waals surface area contributed by atoms with Gasteiger partial charge in [0, 0.05) is 37.3 Å². The summed E-state index contributed by atoms with van der Waals surface area (Å²) in [4.78, 5) is 5.10. The van der Waals surface area contributed by atoms with Gasteiger partial charge in [-0.15, -0.1) is 0 Å². The molecule has 5 nitrogen and oxygen atoms in total. The highest BCUT2D eigenvalue weighted by Gasteiger charge is 2.34. The predicted molar refractivity (Wildman–Crippen MR) is 83.4 cm³/mol. The molecule has 0 saturated carbocycles. The van der Waals surface area contributed by atoms with Crippen LogP contribution in [0.5, 0.6) is 0 Å². The van der Waals surface area contributed by atoms with Gasteiger partial charge in [0.2, 0.25) is 0 Å². The summed E-state index contributed by atoms with van der Waals surface area (Å²) in [7, 11) is 2.27. The number of hydrogen-bond donors (Lipinski definition) is 2. The lowest BCUT2D eigenvalue weighted by Gasteiger charge is -2.25. The van der Waals surface area contributed by atoms with E-state index in [1.807, 2.05) is 18.2 Å². The van der Waals surface area contributed by atoms with Gasteiger partial charge >= 0.3 is 0 Å². The third-order valence-corrected chi connectivity index (χ3v) is 4.97. The Balaban J connectivity index is 1.69. The van der Waals surface area contributed by atoms with Crippen LogP contribution < -0.4 is 5.73 Å². The Labute approximate surface area is 126 Å². The van der Waals surface area contributed by atoms with E-state index in [2.05, 4.69) is 28.1 Å². The monoisotopic (exact) mass is 288 g/mol. The van der Waals surface area contributed by atoms with E-state index >= 15 is 0 Å². The molecule has 2 unspecified atom stereocenters. The summed E-state index contributed by atoms with van der Waals surface area (Å²) in [5.41, 5.74) is 7.67. The maximum absolute atomic E-state index is 8.79. The standard InChI is InChI=1S/C16H24N4O/c1-19-14-5-6-15(19)11-20(8-7-14)10-12-3-2-4-13(9-12)16(17)18-21/h2-4,9,14-15,21H,5-8,10-11H2,1H3,(H2,17,18). The summed E-state index contributed by atoms with van der Waals surface area (Å²) in [6.07, 6.45) is 3.93. The average Bonchev–Trinajstić information content (AvgIpc) is 2.75. The van der Waals surface area contributed by atoms with E-state index in [4.69, 9.17) is 10.9 Å². The third-order valence-electron chi connectivity index (χ3n) is 4.97. The zero-order chi connectivity index (χ0) is 14.8. The average molecular weight is 288 g/mol. The first-order valence-electron chi connectivity index (χ1n) is 7.68. The molecule has 2 fully saturated rings. The second kappa shape index (κ2) is 6.03. The third kappa shape index (κ3) is 3.04. The smallest absolute Gasteiger partial charge is 0.170 e. The lowest BCUT2D eigenvalue weighted by molar-refractivity contribution is 0.214. The van der Waals surface area contributed by atoms with Gasteiger partial charge in [-0.3, -0.25) is 9.80 Å². The molecule has 2 atom stereocenters. The fraction of sp³-hybridized carbons (Fsp3) is 0.562. The molecule has 0 aromatic heterocycles. The van der Waals surface area contributed by atoms with Crippen molar-refractivity contribution in [3.8, 4) is 0 Å². The van der Waals surface area contributed by atoms with E-state index in [0.29, 0.717) is 6.04 Å². The zero-order valence-electron chi connectivity index (χ0n) is 12.6.